The number of methoxy groups -OCH3 is 1. The average Bonchev–Trinajstić information content (AvgIpc) is 2.71. The zero-order valence-electron chi connectivity index (χ0n) is 10.1. The molecule has 1 fully saturated rings. The Bertz CT molecular complexity index is 153. The molecule has 1 N–H and O–H groups in total. The molecule has 1 rings (SSSR count). The molecule has 0 heterocycles. The van der Waals surface area contributed by atoms with Gasteiger partial charge in [-0.15, -0.1) is 0 Å². The van der Waals surface area contributed by atoms with E-state index in [0.29, 0.717) is 13.2 Å². The fourth-order valence-corrected chi connectivity index (χ4v) is 2.21. The third-order valence-electron chi connectivity index (χ3n) is 3.23. The molecule has 1 aliphatic carbocycles. The lowest BCUT2D eigenvalue weighted by atomic mass is 10.1. The molecule has 3 nitrogen and oxygen atoms in total. The van der Waals surface area contributed by atoms with Crippen LogP contribution in [0.15, 0.2) is 0 Å². The van der Waals surface area contributed by atoms with Crippen LogP contribution in [-0.2, 0) is 9.47 Å². The molecule has 0 radical (unpaired) electrons. The lowest BCUT2D eigenvalue weighted by Crippen LogP contribution is -2.30. The third-order valence-corrected chi connectivity index (χ3v) is 3.23. The number of rotatable bonds is 8. The Labute approximate surface area is 93.5 Å². The summed E-state index contributed by atoms with van der Waals surface area (Å²) in [6.07, 6.45) is 5.44. The highest BCUT2D eigenvalue weighted by molar-refractivity contribution is 4.79. The number of hydrogen-bond donors (Lipinski definition) is 1. The molecule has 0 amide bonds. The Balaban J connectivity index is 1.88. The van der Waals surface area contributed by atoms with Crippen LogP contribution >= 0.6 is 0 Å². The molecule has 90 valence electrons. The second-order valence-corrected chi connectivity index (χ2v) is 4.34. The third kappa shape index (κ3) is 5.50. The Hall–Kier alpha value is -0.120. The second kappa shape index (κ2) is 8.08. The molecule has 2 unspecified atom stereocenters. The van der Waals surface area contributed by atoms with Crippen LogP contribution in [0.25, 0.3) is 0 Å². The zero-order valence-corrected chi connectivity index (χ0v) is 10.1. The number of hydrogen-bond acceptors (Lipinski definition) is 3. The first-order valence-corrected chi connectivity index (χ1v) is 6.16. The zero-order chi connectivity index (χ0) is 10.9. The SMILES string of the molecule is CCC1CCC(NCCOCCOC)C1. The molecule has 0 aromatic carbocycles. The summed E-state index contributed by atoms with van der Waals surface area (Å²) in [6, 6.07) is 0.737. The van der Waals surface area contributed by atoms with E-state index in [1.54, 1.807) is 7.11 Å². The van der Waals surface area contributed by atoms with Gasteiger partial charge in [-0.3, -0.25) is 0 Å². The summed E-state index contributed by atoms with van der Waals surface area (Å²) in [6.45, 7) is 5.48. The highest BCUT2D eigenvalue weighted by Gasteiger charge is 2.22. The summed E-state index contributed by atoms with van der Waals surface area (Å²) in [7, 11) is 1.70. The molecule has 0 aromatic heterocycles. The van der Waals surface area contributed by atoms with Gasteiger partial charge in [-0.1, -0.05) is 13.3 Å². The summed E-state index contributed by atoms with van der Waals surface area (Å²) >= 11 is 0. The summed E-state index contributed by atoms with van der Waals surface area (Å²) in [5.74, 6) is 0.955. The molecule has 15 heavy (non-hydrogen) atoms. The fraction of sp³-hybridized carbons (Fsp3) is 1.00. The van der Waals surface area contributed by atoms with Crippen LogP contribution in [0.2, 0.25) is 0 Å². The minimum atomic E-state index is 0.696. The maximum atomic E-state index is 5.40. The van der Waals surface area contributed by atoms with Crippen molar-refractivity contribution in [3.8, 4) is 0 Å². The fourth-order valence-electron chi connectivity index (χ4n) is 2.21. The molecule has 3 heteroatoms. The maximum Gasteiger partial charge on any atom is 0.0700 e. The minimum Gasteiger partial charge on any atom is -0.382 e. The smallest absolute Gasteiger partial charge is 0.0700 e. The largest absolute Gasteiger partial charge is 0.382 e. The first-order chi connectivity index (χ1) is 7.36. The van der Waals surface area contributed by atoms with Crippen molar-refractivity contribution in [3.63, 3.8) is 0 Å². The van der Waals surface area contributed by atoms with Crippen molar-refractivity contribution in [1.82, 2.24) is 5.32 Å². The maximum absolute atomic E-state index is 5.40. The number of nitrogens with one attached hydrogen (secondary N) is 1. The molecule has 0 aliphatic heterocycles. The quantitative estimate of drug-likeness (QED) is 0.626. The van der Waals surface area contributed by atoms with Crippen molar-refractivity contribution in [2.45, 2.75) is 38.6 Å². The van der Waals surface area contributed by atoms with Gasteiger partial charge in [-0.05, 0) is 25.2 Å². The van der Waals surface area contributed by atoms with Crippen LogP contribution in [0.3, 0.4) is 0 Å². The molecule has 0 spiro atoms. The normalized spacial score (nSPS) is 26.0. The van der Waals surface area contributed by atoms with E-state index in [4.69, 9.17) is 9.47 Å². The van der Waals surface area contributed by atoms with Gasteiger partial charge in [0.2, 0.25) is 0 Å². The van der Waals surface area contributed by atoms with Crippen LogP contribution in [0.5, 0.6) is 0 Å². The van der Waals surface area contributed by atoms with Crippen LogP contribution in [0.1, 0.15) is 32.6 Å². The van der Waals surface area contributed by atoms with E-state index in [-0.39, 0.29) is 0 Å². The van der Waals surface area contributed by atoms with E-state index >= 15 is 0 Å². The van der Waals surface area contributed by atoms with Crippen molar-refractivity contribution in [2.24, 2.45) is 5.92 Å². The van der Waals surface area contributed by atoms with Crippen molar-refractivity contribution >= 4 is 0 Å². The van der Waals surface area contributed by atoms with Gasteiger partial charge in [0.05, 0.1) is 19.8 Å². The summed E-state index contributed by atoms with van der Waals surface area (Å²) in [5.41, 5.74) is 0. The number of ether oxygens (including phenoxy) is 2. The van der Waals surface area contributed by atoms with Crippen LogP contribution in [0.4, 0.5) is 0 Å². The predicted molar refractivity (Wildman–Crippen MR) is 62.1 cm³/mol. The minimum absolute atomic E-state index is 0.696. The monoisotopic (exact) mass is 215 g/mol. The first kappa shape index (κ1) is 12.9. The van der Waals surface area contributed by atoms with E-state index < -0.39 is 0 Å². The van der Waals surface area contributed by atoms with E-state index in [9.17, 15) is 0 Å². The van der Waals surface area contributed by atoms with Gasteiger partial charge < -0.3 is 14.8 Å². The van der Waals surface area contributed by atoms with Gasteiger partial charge in [-0.25, -0.2) is 0 Å². The van der Waals surface area contributed by atoms with E-state index in [1.165, 1.54) is 25.7 Å². The molecular formula is C12H25NO2. The second-order valence-electron chi connectivity index (χ2n) is 4.34. The first-order valence-electron chi connectivity index (χ1n) is 6.16. The van der Waals surface area contributed by atoms with Crippen molar-refractivity contribution < 1.29 is 9.47 Å². The van der Waals surface area contributed by atoms with Gasteiger partial charge in [0.15, 0.2) is 0 Å². The summed E-state index contributed by atoms with van der Waals surface area (Å²) < 4.78 is 10.3. The van der Waals surface area contributed by atoms with E-state index in [2.05, 4.69) is 12.2 Å². The topological polar surface area (TPSA) is 30.5 Å². The Kier molecular flexibility index (Phi) is 6.98. The van der Waals surface area contributed by atoms with Crippen molar-refractivity contribution in [2.75, 3.05) is 33.5 Å². The molecule has 0 bridgehead atoms. The van der Waals surface area contributed by atoms with Gasteiger partial charge in [0.25, 0.3) is 0 Å². The summed E-state index contributed by atoms with van der Waals surface area (Å²) in [4.78, 5) is 0. The Morgan fingerprint density at radius 1 is 1.20 bits per heavy atom. The molecular weight excluding hydrogens is 190 g/mol. The van der Waals surface area contributed by atoms with Crippen LogP contribution in [0, 0.1) is 5.92 Å². The Morgan fingerprint density at radius 3 is 2.73 bits per heavy atom. The van der Waals surface area contributed by atoms with Crippen molar-refractivity contribution in [1.29, 1.82) is 0 Å². The highest BCUT2D eigenvalue weighted by Crippen LogP contribution is 2.27. The molecule has 0 aromatic rings. The van der Waals surface area contributed by atoms with Gasteiger partial charge in [0, 0.05) is 19.7 Å². The Morgan fingerprint density at radius 2 is 2.07 bits per heavy atom. The van der Waals surface area contributed by atoms with E-state index in [0.717, 1.165) is 25.1 Å². The molecule has 1 saturated carbocycles. The highest BCUT2D eigenvalue weighted by atomic mass is 16.5. The lowest BCUT2D eigenvalue weighted by molar-refractivity contribution is 0.0710. The van der Waals surface area contributed by atoms with Crippen LogP contribution in [-0.4, -0.2) is 39.5 Å². The van der Waals surface area contributed by atoms with Crippen molar-refractivity contribution in [3.05, 3.63) is 0 Å². The molecule has 0 saturated heterocycles. The predicted octanol–water partition coefficient (Wildman–Crippen LogP) is 1.82. The van der Waals surface area contributed by atoms with Crippen LogP contribution < -0.4 is 5.32 Å². The van der Waals surface area contributed by atoms with Gasteiger partial charge in [0.1, 0.15) is 0 Å². The molecule has 1 aliphatic rings. The molecule has 2 atom stereocenters. The van der Waals surface area contributed by atoms with E-state index in [1.807, 2.05) is 0 Å². The van der Waals surface area contributed by atoms with Gasteiger partial charge >= 0.3 is 0 Å². The van der Waals surface area contributed by atoms with Gasteiger partial charge in [-0.2, -0.15) is 0 Å². The standard InChI is InChI=1S/C12H25NO2/c1-3-11-4-5-12(10-11)13-6-7-15-9-8-14-2/h11-13H,3-10H2,1-2H3. The summed E-state index contributed by atoms with van der Waals surface area (Å²) in [5, 5.41) is 3.56. The lowest BCUT2D eigenvalue weighted by Gasteiger charge is -2.12. The average molecular weight is 215 g/mol.